The van der Waals surface area contributed by atoms with E-state index in [0.717, 1.165) is 8.95 Å². The van der Waals surface area contributed by atoms with Crippen molar-refractivity contribution in [3.63, 3.8) is 0 Å². The molecule has 7 nitrogen and oxygen atoms in total. The van der Waals surface area contributed by atoms with Crippen LogP contribution in [0.3, 0.4) is 0 Å². The minimum atomic E-state index is -2.48. The third-order valence-electron chi connectivity index (χ3n) is 3.02. The highest BCUT2D eigenvalue weighted by Gasteiger charge is 2.21. The van der Waals surface area contributed by atoms with Crippen molar-refractivity contribution in [2.75, 3.05) is 13.5 Å². The van der Waals surface area contributed by atoms with E-state index in [1.165, 1.54) is 0 Å². The zero-order chi connectivity index (χ0) is 18.9. The Morgan fingerprint density at radius 1 is 0.769 bits per heavy atom. The lowest BCUT2D eigenvalue weighted by atomic mass is 10.2. The first-order valence-electron chi connectivity index (χ1n) is 7.26. The molecule has 2 amide bonds. The highest BCUT2D eigenvalue weighted by Crippen LogP contribution is 2.22. The Balaban J connectivity index is 1.64. The van der Waals surface area contributed by atoms with Gasteiger partial charge in [-0.25, -0.2) is 0 Å². The van der Waals surface area contributed by atoms with E-state index < -0.39 is 8.25 Å². The molecule has 0 fully saturated rings. The second-order valence-corrected chi connectivity index (χ2v) is 7.59. The molecule has 0 radical (unpaired) electrons. The van der Waals surface area contributed by atoms with Gasteiger partial charge in [0.25, 0.3) is 11.8 Å². The van der Waals surface area contributed by atoms with Gasteiger partial charge in [0.15, 0.2) is 13.5 Å². The predicted molar refractivity (Wildman–Crippen MR) is 103 cm³/mol. The Hall–Kier alpha value is -1.64. The van der Waals surface area contributed by atoms with Crippen LogP contribution in [0.25, 0.3) is 0 Å². The molecule has 136 valence electrons. The van der Waals surface area contributed by atoms with Gasteiger partial charge in [0.05, 0.1) is 0 Å². The fourth-order valence-electron chi connectivity index (χ4n) is 1.74. The summed E-state index contributed by atoms with van der Waals surface area (Å²) in [7, 11) is -2.48. The van der Waals surface area contributed by atoms with Crippen LogP contribution in [0.1, 0.15) is 20.7 Å². The molecule has 26 heavy (non-hydrogen) atoms. The smallest absolute Gasteiger partial charge is 0.325 e. The number of benzene rings is 2. The van der Waals surface area contributed by atoms with E-state index in [-0.39, 0.29) is 25.3 Å². The number of hydrogen-bond donors (Lipinski definition) is 2. The lowest BCUT2D eigenvalue weighted by Gasteiger charge is -2.02. The zero-order valence-corrected chi connectivity index (χ0v) is 17.3. The van der Waals surface area contributed by atoms with Gasteiger partial charge in [0.1, 0.15) is 0 Å². The summed E-state index contributed by atoms with van der Waals surface area (Å²) >= 11 is 6.55. The molecule has 0 aromatic heterocycles. The van der Waals surface area contributed by atoms with Gasteiger partial charge in [-0.3, -0.25) is 9.59 Å². The lowest BCUT2D eigenvalue weighted by molar-refractivity contribution is 0.0902. The molecule has 0 spiro atoms. The Kier molecular flexibility index (Phi) is 8.34. The van der Waals surface area contributed by atoms with Crippen molar-refractivity contribution in [3.05, 3.63) is 68.6 Å². The largest absolute Gasteiger partial charge is 0.701 e. The third-order valence-corrected chi connectivity index (χ3v) is 4.76. The van der Waals surface area contributed by atoms with Crippen LogP contribution < -0.4 is 10.6 Å². The van der Waals surface area contributed by atoms with Gasteiger partial charge in [-0.2, -0.15) is 0 Å². The fourth-order valence-corrected chi connectivity index (χ4v) is 2.69. The van der Waals surface area contributed by atoms with Gasteiger partial charge in [0.2, 0.25) is 0 Å². The van der Waals surface area contributed by atoms with Gasteiger partial charge in [-0.15, -0.1) is 0 Å². The Bertz CT molecular complexity index is 719. The highest BCUT2D eigenvalue weighted by molar-refractivity contribution is 9.10. The van der Waals surface area contributed by atoms with Crippen molar-refractivity contribution in [2.45, 2.75) is 0 Å². The van der Waals surface area contributed by atoms with E-state index in [9.17, 15) is 14.2 Å². The van der Waals surface area contributed by atoms with Crippen molar-refractivity contribution in [1.29, 1.82) is 0 Å². The molecule has 0 saturated carbocycles. The topological polar surface area (TPSA) is 93.7 Å². The Morgan fingerprint density at radius 2 is 1.12 bits per heavy atom. The van der Waals surface area contributed by atoms with E-state index >= 15 is 0 Å². The van der Waals surface area contributed by atoms with Crippen molar-refractivity contribution in [1.82, 2.24) is 10.6 Å². The molecule has 0 saturated heterocycles. The van der Waals surface area contributed by atoms with Crippen molar-refractivity contribution in [3.8, 4) is 0 Å². The summed E-state index contributed by atoms with van der Waals surface area (Å²) in [6, 6.07) is 13.4. The highest BCUT2D eigenvalue weighted by atomic mass is 79.9. The third kappa shape index (κ3) is 6.93. The van der Waals surface area contributed by atoms with Gasteiger partial charge in [-0.1, -0.05) is 40.9 Å². The first-order valence-corrected chi connectivity index (χ1v) is 9.94. The molecule has 2 N–H and O–H groups in total. The number of halogens is 2. The summed E-state index contributed by atoms with van der Waals surface area (Å²) in [5.41, 5.74) is 0.879. The number of hydrogen-bond acceptors (Lipinski definition) is 5. The van der Waals surface area contributed by atoms with E-state index in [0.29, 0.717) is 11.1 Å². The molecule has 2 aromatic rings. The van der Waals surface area contributed by atoms with Crippen molar-refractivity contribution in [2.24, 2.45) is 0 Å². The fraction of sp³-hybridized carbons (Fsp3) is 0.125. The Morgan fingerprint density at radius 3 is 1.46 bits per heavy atom. The van der Waals surface area contributed by atoms with Crippen LogP contribution in [0.2, 0.25) is 0 Å². The molecule has 0 aliphatic heterocycles. The van der Waals surface area contributed by atoms with Gasteiger partial charge in [0, 0.05) is 24.6 Å². The van der Waals surface area contributed by atoms with E-state index in [1.807, 2.05) is 0 Å². The molecule has 2 rings (SSSR count). The maximum Gasteiger partial charge on any atom is 0.701 e. The number of carbonyl (C=O) groups excluding carboxylic acids is 2. The second kappa shape index (κ2) is 10.5. The van der Waals surface area contributed by atoms with E-state index in [2.05, 4.69) is 42.5 Å². The molecular formula is C16H14Br2N2O5P+. The van der Waals surface area contributed by atoms with Crippen LogP contribution >= 0.6 is 40.1 Å². The summed E-state index contributed by atoms with van der Waals surface area (Å²) in [4.78, 5) is 23.6. The van der Waals surface area contributed by atoms with Crippen LogP contribution in [0.5, 0.6) is 0 Å². The molecule has 0 aliphatic carbocycles. The average Bonchev–Trinajstić information content (AvgIpc) is 2.62. The van der Waals surface area contributed by atoms with E-state index in [4.69, 9.17) is 9.05 Å². The molecule has 2 aromatic carbocycles. The van der Waals surface area contributed by atoms with Gasteiger partial charge < -0.3 is 10.6 Å². The summed E-state index contributed by atoms with van der Waals surface area (Å²) in [6.45, 7) is -0.574. The molecule has 10 heteroatoms. The molecule has 0 unspecified atom stereocenters. The maximum atomic E-state index is 11.8. The lowest BCUT2D eigenvalue weighted by Crippen LogP contribution is -2.26. The number of carbonyl (C=O) groups is 2. The van der Waals surface area contributed by atoms with E-state index in [1.54, 1.807) is 48.5 Å². The number of nitrogens with one attached hydrogen (secondary N) is 2. The normalized spacial score (nSPS) is 10.2. The van der Waals surface area contributed by atoms with Crippen LogP contribution in [0.4, 0.5) is 0 Å². The quantitative estimate of drug-likeness (QED) is 0.419. The summed E-state index contributed by atoms with van der Waals surface area (Å²) < 4.78 is 23.0. The van der Waals surface area contributed by atoms with Gasteiger partial charge in [-0.05, 0) is 48.5 Å². The first-order chi connectivity index (χ1) is 12.5. The Labute approximate surface area is 167 Å². The molecule has 0 atom stereocenters. The summed E-state index contributed by atoms with van der Waals surface area (Å²) in [5.74, 6) is -0.742. The van der Waals surface area contributed by atoms with Gasteiger partial charge >= 0.3 is 8.25 Å². The molecule has 0 bridgehead atoms. The van der Waals surface area contributed by atoms with Crippen molar-refractivity contribution >= 4 is 51.9 Å². The number of rotatable bonds is 8. The SMILES string of the molecule is O=C(NCO[P+](=O)OCNC(=O)c1ccc(Br)cc1)c1ccc(Br)cc1. The first kappa shape index (κ1) is 20.7. The minimum Gasteiger partial charge on any atom is -0.325 e. The number of amides is 2. The van der Waals surface area contributed by atoms with Crippen LogP contribution in [0, 0.1) is 0 Å². The monoisotopic (exact) mass is 503 g/mol. The maximum absolute atomic E-state index is 11.8. The average molecular weight is 505 g/mol. The van der Waals surface area contributed by atoms with Crippen LogP contribution in [-0.4, -0.2) is 25.3 Å². The summed E-state index contributed by atoms with van der Waals surface area (Å²) in [5, 5.41) is 4.90. The van der Waals surface area contributed by atoms with Crippen LogP contribution in [0.15, 0.2) is 57.5 Å². The second-order valence-electron chi connectivity index (χ2n) is 4.80. The predicted octanol–water partition coefficient (Wildman–Crippen LogP) is 3.98. The minimum absolute atomic E-state index is 0.287. The zero-order valence-electron chi connectivity index (χ0n) is 13.3. The standard InChI is InChI=1S/C16H13Br2N2O5P/c17-13-5-1-11(2-6-13)15(21)19-9-24-26(23)25-10-20-16(22)12-3-7-14(18)8-4-12/h1-8H,9-10H2,(H-,19,20,21,22)/p+1. The van der Waals surface area contributed by atoms with Crippen molar-refractivity contribution < 1.29 is 23.2 Å². The molecule has 0 heterocycles. The van der Waals surface area contributed by atoms with Crippen LogP contribution in [-0.2, 0) is 13.6 Å². The summed E-state index contributed by atoms with van der Waals surface area (Å²) in [6.07, 6.45) is 0. The molecular weight excluding hydrogens is 491 g/mol. The molecule has 0 aliphatic rings.